The maximum Gasteiger partial charge on any atom is 0.319 e. The molecule has 2 bridgehead atoms. The van der Waals surface area contributed by atoms with Crippen LogP contribution < -0.4 is 15.0 Å². The zero-order valence-corrected chi connectivity index (χ0v) is 24.9. The van der Waals surface area contributed by atoms with Crippen LogP contribution in [0.4, 0.5) is 14.6 Å². The van der Waals surface area contributed by atoms with E-state index < -0.39 is 11.8 Å². The highest BCUT2D eigenvalue weighted by Gasteiger charge is 2.45. The summed E-state index contributed by atoms with van der Waals surface area (Å²) in [5.74, 6) is 1.43. The van der Waals surface area contributed by atoms with Gasteiger partial charge in [-0.25, -0.2) is 9.37 Å². The van der Waals surface area contributed by atoms with Gasteiger partial charge in [-0.1, -0.05) is 12.0 Å². The van der Waals surface area contributed by atoms with Crippen LogP contribution in [-0.2, 0) is 4.74 Å². The van der Waals surface area contributed by atoms with Crippen molar-refractivity contribution in [2.45, 2.75) is 37.8 Å². The second-order valence-electron chi connectivity index (χ2n) is 12.9. The Kier molecular flexibility index (Phi) is 6.97. The van der Waals surface area contributed by atoms with E-state index in [-0.39, 0.29) is 33.9 Å². The molecule has 0 spiro atoms. The highest BCUT2D eigenvalue weighted by atomic mass is 19.1. The smallest absolute Gasteiger partial charge is 0.319 e. The van der Waals surface area contributed by atoms with Gasteiger partial charge in [-0.15, -0.1) is 6.42 Å². The molecule has 2 aromatic heterocycles. The molecule has 3 aliphatic heterocycles. The first kappa shape index (κ1) is 28.4. The lowest BCUT2D eigenvalue weighted by molar-refractivity contribution is 0.0231. The number of phenols is 1. The molecule has 232 valence electrons. The number of phenolic OH excluding ortho intramolecular Hbond substituents is 1. The van der Waals surface area contributed by atoms with E-state index in [2.05, 4.69) is 26.0 Å². The molecule has 8 rings (SSSR count). The lowest BCUT2D eigenvalue weighted by Gasteiger charge is -2.34. The average Bonchev–Trinajstić information content (AvgIpc) is 3.73. The van der Waals surface area contributed by atoms with Gasteiger partial charge in [0.25, 0.3) is 0 Å². The fraction of sp³-hybridized carbons (Fsp3) is 0.441. The monoisotopic (exact) mass is 612 g/mol. The molecule has 2 aromatic carbocycles. The van der Waals surface area contributed by atoms with Crippen LogP contribution >= 0.6 is 0 Å². The van der Waals surface area contributed by atoms with Crippen LogP contribution in [0.15, 0.2) is 30.3 Å². The molecule has 0 amide bonds. The zero-order valence-electron chi connectivity index (χ0n) is 24.9. The van der Waals surface area contributed by atoms with Crippen molar-refractivity contribution in [2.24, 2.45) is 5.41 Å². The van der Waals surface area contributed by atoms with Crippen molar-refractivity contribution in [3.8, 4) is 35.2 Å². The SMILES string of the molecule is C#Cc1c(F)ccc2cc(O)cc(-c3cc4nc(OCC5(CN6CCOCC6)CC5)nc(N5CC6CCC(C5)N6)c4nc3F)c12. The number of nitrogens with zero attached hydrogens (tertiary/aromatic N) is 5. The molecule has 2 atom stereocenters. The molecule has 4 fully saturated rings. The number of morpholine rings is 1. The Morgan fingerprint density at radius 3 is 2.56 bits per heavy atom. The lowest BCUT2D eigenvalue weighted by atomic mass is 9.94. The van der Waals surface area contributed by atoms with Gasteiger partial charge >= 0.3 is 6.01 Å². The van der Waals surface area contributed by atoms with E-state index in [0.29, 0.717) is 46.3 Å². The number of fused-ring (bicyclic) bond motifs is 4. The molecular formula is C34H34F2N6O3. The summed E-state index contributed by atoms with van der Waals surface area (Å²) in [6, 6.07) is 8.04. The maximum atomic E-state index is 16.1. The van der Waals surface area contributed by atoms with Gasteiger partial charge in [0.2, 0.25) is 5.95 Å². The van der Waals surface area contributed by atoms with Crippen molar-refractivity contribution in [2.75, 3.05) is 57.4 Å². The summed E-state index contributed by atoms with van der Waals surface area (Å²) in [7, 11) is 0. The first-order valence-electron chi connectivity index (χ1n) is 15.6. The molecule has 3 saturated heterocycles. The Bertz CT molecular complexity index is 1840. The quantitative estimate of drug-likeness (QED) is 0.235. The predicted molar refractivity (Wildman–Crippen MR) is 166 cm³/mol. The van der Waals surface area contributed by atoms with Crippen LogP contribution in [0.3, 0.4) is 0 Å². The van der Waals surface area contributed by atoms with Crippen molar-refractivity contribution in [1.29, 1.82) is 0 Å². The number of ether oxygens (including phenoxy) is 2. The van der Waals surface area contributed by atoms with Crippen LogP contribution in [0.2, 0.25) is 0 Å². The van der Waals surface area contributed by atoms with Gasteiger partial charge in [0.05, 0.1) is 30.9 Å². The molecular weight excluding hydrogens is 578 g/mol. The number of aromatic nitrogens is 3. The van der Waals surface area contributed by atoms with Crippen molar-refractivity contribution < 1.29 is 23.4 Å². The van der Waals surface area contributed by atoms with E-state index in [1.807, 2.05) is 0 Å². The van der Waals surface area contributed by atoms with Gasteiger partial charge in [0.15, 0.2) is 5.82 Å². The average molecular weight is 613 g/mol. The minimum atomic E-state index is -0.791. The molecule has 45 heavy (non-hydrogen) atoms. The molecule has 2 N–H and O–H groups in total. The normalized spacial score (nSPS) is 22.6. The molecule has 11 heteroatoms. The Hall–Kier alpha value is -4.11. The first-order valence-corrected chi connectivity index (χ1v) is 15.6. The molecule has 9 nitrogen and oxygen atoms in total. The van der Waals surface area contributed by atoms with Crippen molar-refractivity contribution in [3.63, 3.8) is 0 Å². The number of halogens is 2. The van der Waals surface area contributed by atoms with E-state index in [0.717, 1.165) is 71.6 Å². The Morgan fingerprint density at radius 2 is 1.82 bits per heavy atom. The Balaban J connectivity index is 1.22. The molecule has 0 radical (unpaired) electrons. The minimum absolute atomic E-state index is 0.0133. The van der Waals surface area contributed by atoms with E-state index in [1.165, 1.54) is 24.3 Å². The number of rotatable bonds is 7. The summed E-state index contributed by atoms with van der Waals surface area (Å²) >= 11 is 0. The van der Waals surface area contributed by atoms with Crippen LogP contribution in [0.25, 0.3) is 32.9 Å². The Labute approximate surface area is 259 Å². The van der Waals surface area contributed by atoms with Crippen LogP contribution in [0, 0.1) is 29.5 Å². The highest BCUT2D eigenvalue weighted by Crippen LogP contribution is 2.47. The maximum absolute atomic E-state index is 16.1. The number of terminal acetylenes is 1. The number of piperazine rings is 1. The number of pyridine rings is 1. The predicted octanol–water partition coefficient (Wildman–Crippen LogP) is 4.24. The van der Waals surface area contributed by atoms with E-state index >= 15 is 4.39 Å². The fourth-order valence-electron chi connectivity index (χ4n) is 7.20. The molecule has 1 saturated carbocycles. The number of benzene rings is 2. The summed E-state index contributed by atoms with van der Waals surface area (Å²) < 4.78 is 42.8. The lowest BCUT2D eigenvalue weighted by Crippen LogP contribution is -2.51. The highest BCUT2D eigenvalue weighted by molar-refractivity contribution is 6.03. The number of anilines is 1. The van der Waals surface area contributed by atoms with Crippen molar-refractivity contribution >= 4 is 27.6 Å². The van der Waals surface area contributed by atoms with E-state index in [1.54, 1.807) is 6.07 Å². The van der Waals surface area contributed by atoms with Crippen LogP contribution in [0.1, 0.15) is 31.2 Å². The van der Waals surface area contributed by atoms with Gasteiger partial charge in [-0.3, -0.25) is 4.90 Å². The molecule has 2 unspecified atom stereocenters. The molecule has 5 heterocycles. The van der Waals surface area contributed by atoms with Crippen molar-refractivity contribution in [1.82, 2.24) is 25.2 Å². The number of aromatic hydroxyl groups is 1. The second-order valence-corrected chi connectivity index (χ2v) is 12.9. The third-order valence-electron chi connectivity index (χ3n) is 9.71. The summed E-state index contributed by atoms with van der Waals surface area (Å²) in [6.07, 6.45) is 9.98. The second kappa shape index (κ2) is 11.1. The van der Waals surface area contributed by atoms with E-state index in [4.69, 9.17) is 25.9 Å². The van der Waals surface area contributed by atoms with Crippen LogP contribution in [0.5, 0.6) is 11.8 Å². The van der Waals surface area contributed by atoms with Crippen LogP contribution in [-0.4, -0.2) is 89.6 Å². The topological polar surface area (TPSA) is 95.9 Å². The molecule has 1 aliphatic carbocycles. The third kappa shape index (κ3) is 5.31. The summed E-state index contributed by atoms with van der Waals surface area (Å²) in [4.78, 5) is 18.5. The van der Waals surface area contributed by atoms with Gasteiger partial charge in [0, 0.05) is 61.2 Å². The van der Waals surface area contributed by atoms with Gasteiger partial charge < -0.3 is 24.8 Å². The largest absolute Gasteiger partial charge is 0.508 e. The fourth-order valence-corrected chi connectivity index (χ4v) is 7.20. The first-order chi connectivity index (χ1) is 21.9. The Morgan fingerprint density at radius 1 is 1.04 bits per heavy atom. The van der Waals surface area contributed by atoms with Gasteiger partial charge in [0.1, 0.15) is 17.1 Å². The number of nitrogens with one attached hydrogen (secondary N) is 1. The van der Waals surface area contributed by atoms with Gasteiger partial charge in [-0.05, 0) is 60.9 Å². The summed E-state index contributed by atoms with van der Waals surface area (Å²) in [5.41, 5.74) is 1.03. The van der Waals surface area contributed by atoms with Crippen molar-refractivity contribution in [3.05, 3.63) is 47.7 Å². The van der Waals surface area contributed by atoms with Gasteiger partial charge in [-0.2, -0.15) is 14.4 Å². The summed E-state index contributed by atoms with van der Waals surface area (Å²) in [5, 5.41) is 15.0. The molecule has 4 aromatic rings. The standard InChI is InChI=1S/C34H34F2N6O3/c1-2-24-27(35)6-3-20-13-23(43)14-25(29(20)24)26-15-28-30(39-31(26)36)32(42-16-21-4-5-22(17-42)37-21)40-33(38-28)45-19-34(7-8-34)18-41-9-11-44-12-10-41/h1,3,6,13-15,21-22,37,43H,4-5,7-12,16-19H2. The summed E-state index contributed by atoms with van der Waals surface area (Å²) in [6.45, 7) is 6.18. The number of hydrogen-bond acceptors (Lipinski definition) is 9. The zero-order chi connectivity index (χ0) is 30.7. The third-order valence-corrected chi connectivity index (χ3v) is 9.71. The molecule has 4 aliphatic rings. The van der Waals surface area contributed by atoms with E-state index in [9.17, 15) is 9.50 Å². The minimum Gasteiger partial charge on any atom is -0.508 e. The number of hydrogen-bond donors (Lipinski definition) is 2.